The third-order valence-corrected chi connectivity index (χ3v) is 4.42. The van der Waals surface area contributed by atoms with Crippen molar-refractivity contribution in [3.63, 3.8) is 0 Å². The van der Waals surface area contributed by atoms with E-state index in [0.717, 1.165) is 28.0 Å². The molecule has 2 aromatic heterocycles. The van der Waals surface area contributed by atoms with Gasteiger partial charge in [-0.05, 0) is 31.5 Å². The number of hydrogen-bond donors (Lipinski definition) is 1. The molecule has 3 aromatic rings. The quantitative estimate of drug-likeness (QED) is 0.781. The average Bonchev–Trinajstić information content (AvgIpc) is 3.29. The summed E-state index contributed by atoms with van der Waals surface area (Å²) in [5.74, 6) is 1.33. The Labute approximate surface area is 144 Å². The lowest BCUT2D eigenvalue weighted by Crippen LogP contribution is -2.31. The van der Waals surface area contributed by atoms with Crippen LogP contribution in [0.5, 0.6) is 11.5 Å². The van der Waals surface area contributed by atoms with E-state index in [1.807, 2.05) is 39.1 Å². The van der Waals surface area contributed by atoms with Gasteiger partial charge >= 0.3 is 0 Å². The topological polar surface area (TPSA) is 83.2 Å². The minimum Gasteiger partial charge on any atom is -0.454 e. The van der Waals surface area contributed by atoms with Crippen LogP contribution in [0.15, 0.2) is 24.4 Å². The van der Waals surface area contributed by atoms with Crippen molar-refractivity contribution < 1.29 is 14.3 Å². The molecule has 0 aliphatic carbocycles. The Morgan fingerprint density at radius 2 is 2.16 bits per heavy atom. The smallest absolute Gasteiger partial charge is 0.244 e. The lowest BCUT2D eigenvalue weighted by Gasteiger charge is -2.14. The summed E-state index contributed by atoms with van der Waals surface area (Å²) in [5, 5.41) is 11.7. The van der Waals surface area contributed by atoms with Crippen LogP contribution in [0.3, 0.4) is 0 Å². The number of amides is 1. The first-order valence-electron chi connectivity index (χ1n) is 8.07. The first-order chi connectivity index (χ1) is 12.0. The third-order valence-electron chi connectivity index (χ3n) is 4.42. The van der Waals surface area contributed by atoms with Gasteiger partial charge in [-0.1, -0.05) is 6.07 Å². The molecule has 0 spiro atoms. The van der Waals surface area contributed by atoms with Crippen LogP contribution in [0.25, 0.3) is 11.0 Å². The van der Waals surface area contributed by atoms with Gasteiger partial charge in [0.1, 0.15) is 17.1 Å². The molecular weight excluding hydrogens is 322 g/mol. The van der Waals surface area contributed by atoms with Crippen LogP contribution in [0.1, 0.15) is 24.2 Å². The highest BCUT2D eigenvalue weighted by Crippen LogP contribution is 2.32. The Kier molecular flexibility index (Phi) is 3.60. The molecule has 0 fully saturated rings. The van der Waals surface area contributed by atoms with Crippen molar-refractivity contribution in [1.82, 2.24) is 24.9 Å². The van der Waals surface area contributed by atoms with Gasteiger partial charge in [-0.25, -0.2) is 4.68 Å². The van der Waals surface area contributed by atoms with E-state index in [9.17, 15) is 4.79 Å². The van der Waals surface area contributed by atoms with Gasteiger partial charge in [0.25, 0.3) is 0 Å². The van der Waals surface area contributed by atoms with Gasteiger partial charge < -0.3 is 14.8 Å². The fourth-order valence-corrected chi connectivity index (χ4v) is 3.06. The van der Waals surface area contributed by atoms with E-state index in [2.05, 4.69) is 15.5 Å². The number of fused-ring (bicyclic) bond motifs is 2. The number of carbonyl (C=O) groups is 1. The molecule has 0 saturated carbocycles. The van der Waals surface area contributed by atoms with Gasteiger partial charge in [0.2, 0.25) is 12.7 Å². The predicted molar refractivity (Wildman–Crippen MR) is 90.4 cm³/mol. The third kappa shape index (κ3) is 2.59. The molecule has 3 heterocycles. The molecule has 1 unspecified atom stereocenters. The summed E-state index contributed by atoms with van der Waals surface area (Å²) in [5.41, 5.74) is 3.60. The summed E-state index contributed by atoms with van der Waals surface area (Å²) in [7, 11) is 1.87. The second-order valence-electron chi connectivity index (χ2n) is 6.11. The van der Waals surface area contributed by atoms with Gasteiger partial charge in [0, 0.05) is 13.6 Å². The normalized spacial score (nSPS) is 14.0. The molecule has 4 rings (SSSR count). The largest absolute Gasteiger partial charge is 0.454 e. The summed E-state index contributed by atoms with van der Waals surface area (Å²) in [6.45, 7) is 4.39. The molecule has 0 saturated heterocycles. The van der Waals surface area contributed by atoms with E-state index < -0.39 is 6.04 Å². The summed E-state index contributed by atoms with van der Waals surface area (Å²) in [4.78, 5) is 12.6. The zero-order valence-electron chi connectivity index (χ0n) is 14.3. The van der Waals surface area contributed by atoms with E-state index >= 15 is 0 Å². The first-order valence-corrected chi connectivity index (χ1v) is 8.07. The van der Waals surface area contributed by atoms with Crippen molar-refractivity contribution in [2.75, 3.05) is 6.79 Å². The highest BCUT2D eigenvalue weighted by atomic mass is 16.7. The molecule has 0 bridgehead atoms. The minimum absolute atomic E-state index is 0.106. The second-order valence-corrected chi connectivity index (χ2v) is 6.11. The molecule has 1 N–H and O–H groups in total. The maximum Gasteiger partial charge on any atom is 0.244 e. The Morgan fingerprint density at radius 1 is 1.36 bits per heavy atom. The molecule has 1 atom stereocenters. The van der Waals surface area contributed by atoms with Crippen LogP contribution in [0, 0.1) is 6.92 Å². The maximum absolute atomic E-state index is 12.6. The zero-order chi connectivity index (χ0) is 17.6. The highest BCUT2D eigenvalue weighted by molar-refractivity contribution is 5.84. The van der Waals surface area contributed by atoms with Crippen LogP contribution in [-0.2, 0) is 18.4 Å². The Balaban J connectivity index is 1.48. The number of hydrogen-bond acceptors (Lipinski definition) is 5. The molecule has 1 amide bonds. The van der Waals surface area contributed by atoms with Crippen molar-refractivity contribution in [3.8, 4) is 11.5 Å². The van der Waals surface area contributed by atoms with Crippen LogP contribution in [-0.4, -0.2) is 32.3 Å². The number of ether oxygens (including phenoxy) is 2. The van der Waals surface area contributed by atoms with Gasteiger partial charge in [0.15, 0.2) is 11.5 Å². The Hall–Kier alpha value is -3.03. The van der Waals surface area contributed by atoms with Gasteiger partial charge in [0.05, 0.1) is 11.9 Å². The van der Waals surface area contributed by atoms with E-state index in [0.29, 0.717) is 12.3 Å². The van der Waals surface area contributed by atoms with E-state index in [4.69, 9.17) is 9.47 Å². The summed E-state index contributed by atoms with van der Waals surface area (Å²) in [6, 6.07) is 5.21. The van der Waals surface area contributed by atoms with E-state index in [-0.39, 0.29) is 12.7 Å². The molecule has 1 aromatic carbocycles. The number of aromatic nitrogens is 4. The van der Waals surface area contributed by atoms with Crippen molar-refractivity contribution in [2.24, 2.45) is 7.05 Å². The van der Waals surface area contributed by atoms with Crippen molar-refractivity contribution in [3.05, 3.63) is 35.7 Å². The highest BCUT2D eigenvalue weighted by Gasteiger charge is 2.21. The number of carbonyl (C=O) groups excluding carboxylic acids is 1. The van der Waals surface area contributed by atoms with Gasteiger partial charge in [-0.2, -0.15) is 10.2 Å². The van der Waals surface area contributed by atoms with Crippen molar-refractivity contribution in [1.29, 1.82) is 0 Å². The summed E-state index contributed by atoms with van der Waals surface area (Å²) >= 11 is 0. The molecule has 25 heavy (non-hydrogen) atoms. The SMILES string of the molecule is Cc1nn(C)c2cnn(C(C)C(=O)NCc3ccc4c(c3)OCO4)c12. The molecular formula is C17H19N5O3. The number of rotatable bonds is 4. The summed E-state index contributed by atoms with van der Waals surface area (Å²) in [6.07, 6.45) is 1.73. The lowest BCUT2D eigenvalue weighted by molar-refractivity contribution is -0.124. The van der Waals surface area contributed by atoms with E-state index in [1.54, 1.807) is 15.6 Å². The zero-order valence-corrected chi connectivity index (χ0v) is 14.3. The van der Waals surface area contributed by atoms with Gasteiger partial charge in [-0.3, -0.25) is 9.48 Å². The average molecular weight is 341 g/mol. The van der Waals surface area contributed by atoms with Crippen LogP contribution >= 0.6 is 0 Å². The predicted octanol–water partition coefficient (Wildman–Crippen LogP) is 1.68. The number of benzene rings is 1. The fourth-order valence-electron chi connectivity index (χ4n) is 3.06. The second kappa shape index (κ2) is 5.80. The molecule has 0 radical (unpaired) electrons. The standard InChI is InChI=1S/C17H19N5O3/c1-10-16-13(21(3)20-10)8-19-22(16)11(2)17(23)18-7-12-4-5-14-15(6-12)25-9-24-14/h4-6,8,11H,7,9H2,1-3H3,(H,18,23). The van der Waals surface area contributed by atoms with Crippen LogP contribution in [0.2, 0.25) is 0 Å². The fraction of sp³-hybridized carbons (Fsp3) is 0.353. The Morgan fingerprint density at radius 3 is 3.00 bits per heavy atom. The van der Waals surface area contributed by atoms with Gasteiger partial charge in [-0.15, -0.1) is 0 Å². The summed E-state index contributed by atoms with van der Waals surface area (Å²) < 4.78 is 14.1. The van der Waals surface area contributed by atoms with E-state index in [1.165, 1.54) is 0 Å². The monoisotopic (exact) mass is 341 g/mol. The molecule has 8 heteroatoms. The van der Waals surface area contributed by atoms with Crippen LogP contribution in [0.4, 0.5) is 0 Å². The lowest BCUT2D eigenvalue weighted by atomic mass is 10.2. The molecule has 8 nitrogen and oxygen atoms in total. The molecule has 1 aliphatic heterocycles. The van der Waals surface area contributed by atoms with Crippen LogP contribution < -0.4 is 14.8 Å². The number of aryl methyl sites for hydroxylation is 2. The number of nitrogens with one attached hydrogen (secondary N) is 1. The maximum atomic E-state index is 12.6. The number of nitrogens with zero attached hydrogens (tertiary/aromatic N) is 4. The Bertz CT molecular complexity index is 959. The minimum atomic E-state index is -0.436. The van der Waals surface area contributed by atoms with Crippen molar-refractivity contribution in [2.45, 2.75) is 26.4 Å². The van der Waals surface area contributed by atoms with Crippen molar-refractivity contribution >= 4 is 16.9 Å². The molecule has 130 valence electrons. The molecule has 1 aliphatic rings. The first kappa shape index (κ1) is 15.5.